The summed E-state index contributed by atoms with van der Waals surface area (Å²) in [5.74, 6) is -1.83. The minimum absolute atomic E-state index is 0.123. The van der Waals surface area contributed by atoms with E-state index in [9.17, 15) is 19.5 Å². The third kappa shape index (κ3) is 6.24. The average molecular weight is 600 g/mol. The molecule has 8 nitrogen and oxygen atoms in total. The monoisotopic (exact) mass is 599 g/mol. The molecule has 8 heteroatoms. The maximum Gasteiger partial charge on any atom is 0.248 e. The Morgan fingerprint density at radius 1 is 0.886 bits per heavy atom. The number of ether oxygens (including phenoxy) is 1. The molecular formula is C36H45N3O5. The highest BCUT2D eigenvalue weighted by Crippen LogP contribution is 2.59. The van der Waals surface area contributed by atoms with E-state index in [1.807, 2.05) is 60.7 Å². The normalized spacial score (nSPS) is 25.1. The molecule has 3 saturated heterocycles. The number of unbranched alkanes of at least 4 members (excludes halogenated alkanes) is 3. The van der Waals surface area contributed by atoms with Gasteiger partial charge in [-0.1, -0.05) is 85.7 Å². The van der Waals surface area contributed by atoms with Gasteiger partial charge in [0.1, 0.15) is 11.6 Å². The largest absolute Gasteiger partial charge is 0.396 e. The molecule has 2 aromatic carbocycles. The van der Waals surface area contributed by atoms with Crippen LogP contribution in [0.2, 0.25) is 0 Å². The average Bonchev–Trinajstić information content (AvgIpc) is 3.68. The van der Waals surface area contributed by atoms with Crippen molar-refractivity contribution >= 4 is 17.7 Å². The molecule has 0 saturated carbocycles. The lowest BCUT2D eigenvalue weighted by atomic mass is 9.70. The van der Waals surface area contributed by atoms with Crippen molar-refractivity contribution in [2.75, 3.05) is 26.2 Å². The summed E-state index contributed by atoms with van der Waals surface area (Å²) in [7, 11) is 0. The van der Waals surface area contributed by atoms with E-state index >= 15 is 0 Å². The highest BCUT2D eigenvalue weighted by molar-refractivity contribution is 5.99. The SMILES string of the molecule is C=CCN(Cc1ccccc1)C(=O)C1N(CCCCCCO)C(=O)[C@@H]2[C@H](C(=O)N(CC=C)Cc3ccccc3)[C@@H]3CCC12O3. The van der Waals surface area contributed by atoms with Crippen molar-refractivity contribution in [1.82, 2.24) is 14.7 Å². The summed E-state index contributed by atoms with van der Waals surface area (Å²) in [6, 6.07) is 18.8. The lowest BCUT2D eigenvalue weighted by Crippen LogP contribution is -2.56. The molecule has 2 aromatic rings. The second kappa shape index (κ2) is 14.4. The predicted octanol–water partition coefficient (Wildman–Crippen LogP) is 4.34. The van der Waals surface area contributed by atoms with Gasteiger partial charge in [-0.25, -0.2) is 0 Å². The molecule has 234 valence electrons. The minimum Gasteiger partial charge on any atom is -0.396 e. The number of hydrogen-bond donors (Lipinski definition) is 1. The lowest BCUT2D eigenvalue weighted by molar-refractivity contribution is -0.149. The summed E-state index contributed by atoms with van der Waals surface area (Å²) in [5.41, 5.74) is 0.938. The number of hydrogen-bond acceptors (Lipinski definition) is 5. The predicted molar refractivity (Wildman–Crippen MR) is 169 cm³/mol. The van der Waals surface area contributed by atoms with Crippen molar-refractivity contribution in [3.63, 3.8) is 0 Å². The first-order valence-electron chi connectivity index (χ1n) is 15.9. The Morgan fingerprint density at radius 3 is 2.02 bits per heavy atom. The molecule has 3 aliphatic heterocycles. The molecule has 2 bridgehead atoms. The van der Waals surface area contributed by atoms with Gasteiger partial charge in [0.15, 0.2) is 0 Å². The van der Waals surface area contributed by atoms with Gasteiger partial charge < -0.3 is 24.5 Å². The van der Waals surface area contributed by atoms with Crippen LogP contribution in [0.1, 0.15) is 49.7 Å². The Kier molecular flexibility index (Phi) is 10.3. The minimum atomic E-state index is -1.05. The molecule has 5 rings (SSSR count). The third-order valence-corrected chi connectivity index (χ3v) is 9.38. The van der Waals surface area contributed by atoms with Crippen LogP contribution in [0.4, 0.5) is 0 Å². The van der Waals surface area contributed by atoms with Crippen LogP contribution in [-0.2, 0) is 32.2 Å². The van der Waals surface area contributed by atoms with Crippen molar-refractivity contribution in [3.8, 4) is 0 Å². The van der Waals surface area contributed by atoms with Crippen LogP contribution in [0.25, 0.3) is 0 Å². The number of likely N-dealkylation sites (tertiary alicyclic amines) is 1. The zero-order chi connectivity index (χ0) is 31.1. The van der Waals surface area contributed by atoms with Crippen LogP contribution in [0.3, 0.4) is 0 Å². The summed E-state index contributed by atoms with van der Waals surface area (Å²) < 4.78 is 6.71. The number of amides is 3. The van der Waals surface area contributed by atoms with E-state index in [4.69, 9.17) is 4.74 Å². The van der Waals surface area contributed by atoms with Gasteiger partial charge in [-0.05, 0) is 36.8 Å². The number of fused-ring (bicyclic) bond motifs is 1. The number of carbonyl (C=O) groups excluding carboxylic acids is 3. The lowest BCUT2D eigenvalue weighted by Gasteiger charge is -2.37. The summed E-state index contributed by atoms with van der Waals surface area (Å²) in [6.45, 7) is 9.79. The fourth-order valence-corrected chi connectivity index (χ4v) is 7.47. The fourth-order valence-electron chi connectivity index (χ4n) is 7.47. The molecule has 1 spiro atoms. The first-order chi connectivity index (χ1) is 21.4. The summed E-state index contributed by atoms with van der Waals surface area (Å²) in [6.07, 6.45) is 7.28. The summed E-state index contributed by atoms with van der Waals surface area (Å²) in [5, 5.41) is 9.22. The number of aliphatic hydroxyl groups is 1. The number of aliphatic hydroxyl groups excluding tert-OH is 1. The summed E-state index contributed by atoms with van der Waals surface area (Å²) in [4.78, 5) is 48.5. The van der Waals surface area contributed by atoms with Gasteiger partial charge in [0.2, 0.25) is 17.7 Å². The van der Waals surface area contributed by atoms with Gasteiger partial charge in [-0.3, -0.25) is 14.4 Å². The highest BCUT2D eigenvalue weighted by Gasteiger charge is 2.74. The summed E-state index contributed by atoms with van der Waals surface area (Å²) >= 11 is 0. The Bertz CT molecular complexity index is 1320. The zero-order valence-corrected chi connectivity index (χ0v) is 25.6. The Hall–Kier alpha value is -3.75. The fraction of sp³-hybridized carbons (Fsp3) is 0.472. The van der Waals surface area contributed by atoms with Gasteiger partial charge >= 0.3 is 0 Å². The van der Waals surface area contributed by atoms with Crippen molar-refractivity contribution in [3.05, 3.63) is 97.1 Å². The van der Waals surface area contributed by atoms with Crippen molar-refractivity contribution in [1.29, 1.82) is 0 Å². The third-order valence-electron chi connectivity index (χ3n) is 9.38. The van der Waals surface area contributed by atoms with E-state index in [1.165, 1.54) is 0 Å². The second-order valence-corrected chi connectivity index (χ2v) is 12.2. The van der Waals surface area contributed by atoms with Crippen LogP contribution in [0.5, 0.6) is 0 Å². The molecular weight excluding hydrogens is 554 g/mol. The highest BCUT2D eigenvalue weighted by atomic mass is 16.5. The quantitative estimate of drug-likeness (QED) is 0.229. The van der Waals surface area contributed by atoms with Gasteiger partial charge in [0.05, 0.1) is 17.9 Å². The van der Waals surface area contributed by atoms with E-state index in [0.29, 0.717) is 58.4 Å². The van der Waals surface area contributed by atoms with Crippen LogP contribution in [0.15, 0.2) is 86.0 Å². The maximum absolute atomic E-state index is 14.6. The molecule has 44 heavy (non-hydrogen) atoms. The molecule has 0 aromatic heterocycles. The maximum atomic E-state index is 14.6. The Balaban J connectivity index is 1.46. The van der Waals surface area contributed by atoms with E-state index < -0.39 is 29.6 Å². The number of nitrogens with zero attached hydrogens (tertiary/aromatic N) is 3. The van der Waals surface area contributed by atoms with Crippen molar-refractivity contribution in [2.24, 2.45) is 11.8 Å². The van der Waals surface area contributed by atoms with Crippen molar-refractivity contribution < 1.29 is 24.2 Å². The molecule has 2 unspecified atom stereocenters. The van der Waals surface area contributed by atoms with E-state index in [2.05, 4.69) is 13.2 Å². The van der Waals surface area contributed by atoms with E-state index in [1.54, 1.807) is 26.9 Å². The first kappa shape index (κ1) is 31.7. The topological polar surface area (TPSA) is 90.4 Å². The smallest absolute Gasteiger partial charge is 0.248 e. The molecule has 3 heterocycles. The number of rotatable bonds is 16. The van der Waals surface area contributed by atoms with Crippen LogP contribution < -0.4 is 0 Å². The molecule has 0 aliphatic carbocycles. The first-order valence-corrected chi connectivity index (χ1v) is 15.9. The standard InChI is InChI=1S/C36H45N3O5/c1-3-21-37(25-27-15-9-7-10-16-27)33(41)30-29-19-20-36(44-29)31(30)34(42)39(23-13-5-6-14-24-40)32(36)35(43)38(22-4-2)26-28-17-11-8-12-18-28/h3-4,7-12,15-18,29-32,40H,1-2,5-6,13-14,19-26H2/t29-,30+,31-,32?,36?/m0/s1. The molecule has 1 N–H and O–H groups in total. The Labute approximate surface area is 261 Å². The number of benzene rings is 2. The van der Waals surface area contributed by atoms with Gasteiger partial charge in [0.25, 0.3) is 0 Å². The van der Waals surface area contributed by atoms with Gasteiger partial charge in [-0.15, -0.1) is 13.2 Å². The molecule has 3 amide bonds. The van der Waals surface area contributed by atoms with E-state index in [0.717, 1.165) is 24.0 Å². The van der Waals surface area contributed by atoms with Crippen molar-refractivity contribution in [2.45, 2.75) is 69.4 Å². The Morgan fingerprint density at radius 2 is 1.45 bits per heavy atom. The van der Waals surface area contributed by atoms with Crippen LogP contribution in [0, 0.1) is 11.8 Å². The van der Waals surface area contributed by atoms with E-state index in [-0.39, 0.29) is 24.3 Å². The zero-order valence-electron chi connectivity index (χ0n) is 25.6. The molecule has 5 atom stereocenters. The van der Waals surface area contributed by atoms with Crippen LogP contribution in [-0.4, -0.2) is 81.5 Å². The molecule has 3 aliphatic rings. The van der Waals surface area contributed by atoms with Gasteiger partial charge in [0, 0.05) is 39.3 Å². The van der Waals surface area contributed by atoms with Crippen LogP contribution >= 0.6 is 0 Å². The molecule has 0 radical (unpaired) electrons. The second-order valence-electron chi connectivity index (χ2n) is 12.2. The molecule has 3 fully saturated rings. The van der Waals surface area contributed by atoms with Gasteiger partial charge in [-0.2, -0.15) is 0 Å². The number of carbonyl (C=O) groups is 3.